The highest BCUT2D eigenvalue weighted by molar-refractivity contribution is 8.16. The van der Waals surface area contributed by atoms with Gasteiger partial charge in [-0.2, -0.15) is 0 Å². The number of carbonyl (C=O) groups excluding carboxylic acids is 3. The number of ether oxygens (including phenoxy) is 3. The molecule has 0 radical (unpaired) electrons. The minimum atomic E-state index is -0.497. The fourth-order valence-electron chi connectivity index (χ4n) is 4.94. The quantitative estimate of drug-likeness (QED) is 0.468. The van der Waals surface area contributed by atoms with Gasteiger partial charge in [0.2, 0.25) is 5.91 Å². The molecule has 37 heavy (non-hydrogen) atoms. The highest BCUT2D eigenvalue weighted by Crippen LogP contribution is 2.45. The number of amidine groups is 1. The molecule has 1 aromatic carbocycles. The molecule has 4 rings (SSSR count). The molecular formula is C27H33N3O6S. The van der Waals surface area contributed by atoms with Crippen molar-refractivity contribution in [3.8, 4) is 5.75 Å². The molecule has 10 heteroatoms. The molecule has 1 amide bonds. The van der Waals surface area contributed by atoms with Gasteiger partial charge in [-0.15, -0.1) is 0 Å². The summed E-state index contributed by atoms with van der Waals surface area (Å²) in [5, 5.41) is 2.64. The Morgan fingerprint density at radius 2 is 1.89 bits per heavy atom. The minimum absolute atomic E-state index is 0.0690. The van der Waals surface area contributed by atoms with Crippen molar-refractivity contribution in [3.05, 3.63) is 52.2 Å². The van der Waals surface area contributed by atoms with Crippen LogP contribution in [0.2, 0.25) is 0 Å². The summed E-state index contributed by atoms with van der Waals surface area (Å²) >= 11 is 1.44. The van der Waals surface area contributed by atoms with Crippen molar-refractivity contribution in [2.24, 2.45) is 10.9 Å². The van der Waals surface area contributed by atoms with Crippen molar-refractivity contribution in [1.29, 1.82) is 0 Å². The molecule has 0 saturated carbocycles. The molecule has 0 N–H and O–H groups in total. The summed E-state index contributed by atoms with van der Waals surface area (Å²) in [6, 6.07) is 7.03. The molecule has 0 spiro atoms. The van der Waals surface area contributed by atoms with E-state index in [1.54, 1.807) is 18.9 Å². The molecule has 1 saturated heterocycles. The summed E-state index contributed by atoms with van der Waals surface area (Å²) in [5.41, 5.74) is 2.74. The number of carbonyl (C=O) groups is 3. The summed E-state index contributed by atoms with van der Waals surface area (Å²) in [6.07, 6.45) is 2.16. The number of allylic oxidation sites excluding steroid dienone is 1. The van der Waals surface area contributed by atoms with Gasteiger partial charge in [-0.05, 0) is 49.3 Å². The first-order chi connectivity index (χ1) is 17.9. The molecule has 2 atom stereocenters. The van der Waals surface area contributed by atoms with Crippen LogP contribution in [0, 0.1) is 5.92 Å². The second-order valence-electron chi connectivity index (χ2n) is 8.98. The number of fused-ring (bicyclic) bond motifs is 1. The average Bonchev–Trinajstić information content (AvgIpc) is 3.33. The van der Waals surface area contributed by atoms with Crippen molar-refractivity contribution in [1.82, 2.24) is 9.80 Å². The maximum atomic E-state index is 13.4. The van der Waals surface area contributed by atoms with Crippen LogP contribution in [0.4, 0.5) is 0 Å². The van der Waals surface area contributed by atoms with E-state index in [1.165, 1.54) is 18.9 Å². The van der Waals surface area contributed by atoms with Crippen molar-refractivity contribution in [2.45, 2.75) is 45.6 Å². The molecule has 0 bridgehead atoms. The van der Waals surface area contributed by atoms with Crippen LogP contribution in [0.15, 0.2) is 51.6 Å². The van der Waals surface area contributed by atoms with Gasteiger partial charge in [0.1, 0.15) is 5.75 Å². The Morgan fingerprint density at radius 3 is 2.54 bits per heavy atom. The van der Waals surface area contributed by atoms with E-state index >= 15 is 0 Å². The lowest BCUT2D eigenvalue weighted by Crippen LogP contribution is -2.44. The van der Waals surface area contributed by atoms with Crippen molar-refractivity contribution >= 4 is 34.8 Å². The Hall–Kier alpha value is -3.27. The van der Waals surface area contributed by atoms with Crippen LogP contribution >= 0.6 is 11.8 Å². The Labute approximate surface area is 221 Å². The number of methoxy groups -OCH3 is 2. The van der Waals surface area contributed by atoms with Crippen molar-refractivity contribution in [3.63, 3.8) is 0 Å². The summed E-state index contributed by atoms with van der Waals surface area (Å²) in [5.74, 6) is -0.363. The SMILES string of the molecule is CCOC(=O)[C@H]1CCCN(C(=O)CC2=CSC3=NC(CC)=C(C(=O)OC)[C@@H](c4ccc(OC)cc4)N23)C1. The van der Waals surface area contributed by atoms with E-state index in [0.717, 1.165) is 29.3 Å². The van der Waals surface area contributed by atoms with Gasteiger partial charge >= 0.3 is 11.9 Å². The normalized spacial score (nSPS) is 21.2. The standard InChI is InChI=1S/C27H33N3O6S/c1-5-21-23(26(33)35-4)24(17-9-11-20(34-3)12-10-17)30-19(16-37-27(30)28-21)14-22(31)29-13-7-8-18(15-29)25(32)36-6-2/h9-12,16,18,24H,5-8,13-15H2,1-4H3/t18-,24+/m0/s1. The number of aliphatic imine (C=N–C) groups is 1. The van der Waals surface area contributed by atoms with E-state index in [0.29, 0.717) is 43.1 Å². The monoisotopic (exact) mass is 527 g/mol. The third-order valence-electron chi connectivity index (χ3n) is 6.79. The molecule has 198 valence electrons. The van der Waals surface area contributed by atoms with E-state index in [-0.39, 0.29) is 24.2 Å². The molecule has 1 fully saturated rings. The van der Waals surface area contributed by atoms with E-state index in [9.17, 15) is 14.4 Å². The zero-order valence-corrected chi connectivity index (χ0v) is 22.5. The smallest absolute Gasteiger partial charge is 0.338 e. The van der Waals surface area contributed by atoms with E-state index < -0.39 is 12.0 Å². The van der Waals surface area contributed by atoms with Crippen molar-refractivity contribution < 1.29 is 28.6 Å². The van der Waals surface area contributed by atoms with Gasteiger partial charge in [0.15, 0.2) is 5.17 Å². The number of amides is 1. The lowest BCUT2D eigenvalue weighted by atomic mass is 9.92. The van der Waals surface area contributed by atoms with Gasteiger partial charge in [-0.25, -0.2) is 9.79 Å². The highest BCUT2D eigenvalue weighted by Gasteiger charge is 2.42. The number of rotatable bonds is 8. The predicted molar refractivity (Wildman–Crippen MR) is 141 cm³/mol. The van der Waals surface area contributed by atoms with Crippen LogP contribution in [0.1, 0.15) is 51.1 Å². The van der Waals surface area contributed by atoms with Gasteiger partial charge in [0.05, 0.1) is 50.5 Å². The number of thioether (sulfide) groups is 1. The van der Waals surface area contributed by atoms with Crippen molar-refractivity contribution in [2.75, 3.05) is 33.9 Å². The van der Waals surface area contributed by atoms with Crippen LogP contribution in [0.25, 0.3) is 0 Å². The largest absolute Gasteiger partial charge is 0.497 e. The average molecular weight is 528 g/mol. The molecule has 3 aliphatic rings. The third kappa shape index (κ3) is 5.53. The van der Waals surface area contributed by atoms with E-state index in [1.807, 2.05) is 41.5 Å². The number of esters is 2. The second kappa shape index (κ2) is 11.9. The van der Waals surface area contributed by atoms with E-state index in [4.69, 9.17) is 19.2 Å². The number of benzene rings is 1. The second-order valence-corrected chi connectivity index (χ2v) is 9.82. The fourth-order valence-corrected chi connectivity index (χ4v) is 5.87. The van der Waals surface area contributed by atoms with Gasteiger partial charge in [0.25, 0.3) is 0 Å². The topological polar surface area (TPSA) is 97.7 Å². The number of piperidine rings is 1. The van der Waals surface area contributed by atoms with Crippen LogP contribution in [-0.4, -0.2) is 66.7 Å². The lowest BCUT2D eigenvalue weighted by Gasteiger charge is -2.37. The van der Waals surface area contributed by atoms with Crippen LogP contribution in [0.3, 0.4) is 0 Å². The third-order valence-corrected chi connectivity index (χ3v) is 7.68. The molecule has 0 aliphatic carbocycles. The van der Waals surface area contributed by atoms with Gasteiger partial charge in [-0.3, -0.25) is 9.59 Å². The molecule has 3 aliphatic heterocycles. The number of hydrogen-bond donors (Lipinski definition) is 0. The molecule has 1 aromatic rings. The first-order valence-electron chi connectivity index (χ1n) is 12.5. The van der Waals surface area contributed by atoms with Gasteiger partial charge < -0.3 is 24.0 Å². The molecule has 3 heterocycles. The highest BCUT2D eigenvalue weighted by atomic mass is 32.2. The number of likely N-dealkylation sites (tertiary alicyclic amines) is 1. The van der Waals surface area contributed by atoms with Gasteiger partial charge in [0, 0.05) is 18.8 Å². The maximum absolute atomic E-state index is 13.4. The summed E-state index contributed by atoms with van der Waals surface area (Å²) in [6.45, 7) is 5.02. The van der Waals surface area contributed by atoms with E-state index in [2.05, 4.69) is 0 Å². The lowest BCUT2D eigenvalue weighted by molar-refractivity contribution is -0.151. The minimum Gasteiger partial charge on any atom is -0.497 e. The van der Waals surface area contributed by atoms with Crippen LogP contribution in [-0.2, 0) is 23.9 Å². The Balaban J connectivity index is 1.62. The Bertz CT molecular complexity index is 1140. The van der Waals surface area contributed by atoms with Crippen LogP contribution < -0.4 is 4.74 Å². The Morgan fingerprint density at radius 1 is 1.14 bits per heavy atom. The first kappa shape index (κ1) is 26.8. The predicted octanol–water partition coefficient (Wildman–Crippen LogP) is 4.03. The van der Waals surface area contributed by atoms with Gasteiger partial charge in [-0.1, -0.05) is 30.8 Å². The summed E-state index contributed by atoms with van der Waals surface area (Å²) in [4.78, 5) is 47.2. The fraction of sp³-hybridized carbons (Fsp3) is 0.481. The molecule has 9 nitrogen and oxygen atoms in total. The maximum Gasteiger partial charge on any atom is 0.338 e. The van der Waals surface area contributed by atoms with Crippen LogP contribution in [0.5, 0.6) is 5.75 Å². The zero-order chi connectivity index (χ0) is 26.5. The molecule has 0 unspecified atom stereocenters. The first-order valence-corrected chi connectivity index (χ1v) is 13.4. The summed E-state index contributed by atoms with van der Waals surface area (Å²) < 4.78 is 15.7. The molecule has 0 aromatic heterocycles. The molecular weight excluding hydrogens is 494 g/mol. The zero-order valence-electron chi connectivity index (χ0n) is 21.7. The summed E-state index contributed by atoms with van der Waals surface area (Å²) in [7, 11) is 2.97. The number of nitrogens with zero attached hydrogens (tertiary/aromatic N) is 3. The Kier molecular flexibility index (Phi) is 8.58. The number of hydrogen-bond acceptors (Lipinski definition) is 9.